The van der Waals surface area contributed by atoms with Crippen molar-refractivity contribution in [1.82, 2.24) is 10.2 Å². The van der Waals surface area contributed by atoms with E-state index in [0.29, 0.717) is 19.5 Å². The van der Waals surface area contributed by atoms with E-state index in [0.717, 1.165) is 6.42 Å². The van der Waals surface area contributed by atoms with E-state index in [1.807, 2.05) is 20.8 Å². The Morgan fingerprint density at radius 3 is 2.35 bits per heavy atom. The van der Waals surface area contributed by atoms with Gasteiger partial charge in [0, 0.05) is 20.1 Å². The molecule has 2 amide bonds. The fourth-order valence-corrected chi connectivity index (χ4v) is 1.10. The highest BCUT2D eigenvalue weighted by molar-refractivity contribution is 5.67. The number of hydrogen-bond acceptors (Lipinski definition) is 3. The van der Waals surface area contributed by atoms with E-state index < -0.39 is 11.7 Å². The van der Waals surface area contributed by atoms with Crippen LogP contribution >= 0.6 is 0 Å². The molecule has 0 aliphatic rings. The second-order valence-corrected chi connectivity index (χ2v) is 4.84. The van der Waals surface area contributed by atoms with Crippen LogP contribution in [-0.4, -0.2) is 47.9 Å². The molecule has 0 radical (unpaired) electrons. The van der Waals surface area contributed by atoms with Gasteiger partial charge in [0.2, 0.25) is 0 Å². The van der Waals surface area contributed by atoms with Crippen molar-refractivity contribution >= 4 is 12.2 Å². The lowest BCUT2D eigenvalue weighted by Crippen LogP contribution is -2.35. The molecule has 0 bridgehead atoms. The molecule has 0 aromatic carbocycles. The Kier molecular flexibility index (Phi) is 6.38. The summed E-state index contributed by atoms with van der Waals surface area (Å²) in [6.07, 6.45) is 0.0457. The number of amides is 2. The molecule has 0 aliphatic heterocycles. The summed E-state index contributed by atoms with van der Waals surface area (Å²) < 4.78 is 5.17. The number of nitrogens with one attached hydrogen (secondary N) is 1. The summed E-state index contributed by atoms with van der Waals surface area (Å²) in [5, 5.41) is 10.6. The van der Waals surface area contributed by atoms with E-state index in [9.17, 15) is 9.59 Å². The maximum absolute atomic E-state index is 11.5. The monoisotopic (exact) mass is 246 g/mol. The van der Waals surface area contributed by atoms with E-state index in [1.165, 1.54) is 4.90 Å². The Labute approximate surface area is 102 Å². The van der Waals surface area contributed by atoms with Gasteiger partial charge in [-0.3, -0.25) is 0 Å². The van der Waals surface area contributed by atoms with E-state index in [4.69, 9.17) is 9.84 Å². The number of carbonyl (C=O) groups is 2. The van der Waals surface area contributed by atoms with E-state index >= 15 is 0 Å². The van der Waals surface area contributed by atoms with Gasteiger partial charge >= 0.3 is 12.2 Å². The summed E-state index contributed by atoms with van der Waals surface area (Å²) in [5.74, 6) is 0. The van der Waals surface area contributed by atoms with Gasteiger partial charge in [-0.1, -0.05) is 0 Å². The van der Waals surface area contributed by atoms with E-state index in [-0.39, 0.29) is 6.09 Å². The van der Waals surface area contributed by atoms with Crippen molar-refractivity contribution in [2.75, 3.05) is 20.1 Å². The molecular weight excluding hydrogens is 224 g/mol. The van der Waals surface area contributed by atoms with Crippen molar-refractivity contribution in [3.63, 3.8) is 0 Å². The zero-order valence-corrected chi connectivity index (χ0v) is 10.9. The molecule has 17 heavy (non-hydrogen) atoms. The molecule has 0 unspecified atom stereocenters. The van der Waals surface area contributed by atoms with Crippen LogP contribution in [0, 0.1) is 0 Å². The largest absolute Gasteiger partial charge is 0.465 e. The lowest BCUT2D eigenvalue weighted by molar-refractivity contribution is 0.0296. The molecule has 0 saturated carbocycles. The molecule has 6 heteroatoms. The zero-order chi connectivity index (χ0) is 13.5. The fourth-order valence-electron chi connectivity index (χ4n) is 1.10. The molecule has 100 valence electrons. The standard InChI is InChI=1S/C11H22N2O4/c1-11(2,3)17-10(16)13(4)8-6-5-7-12-9(14)15/h12H,5-8H2,1-4H3,(H,14,15). The molecule has 0 aliphatic carbocycles. The van der Waals surface area contributed by atoms with E-state index in [2.05, 4.69) is 5.32 Å². The zero-order valence-electron chi connectivity index (χ0n) is 10.9. The van der Waals surface area contributed by atoms with Gasteiger partial charge in [-0.25, -0.2) is 9.59 Å². The van der Waals surface area contributed by atoms with Gasteiger partial charge in [0.25, 0.3) is 0 Å². The van der Waals surface area contributed by atoms with Crippen molar-refractivity contribution < 1.29 is 19.4 Å². The second kappa shape index (κ2) is 6.98. The first-order valence-corrected chi connectivity index (χ1v) is 5.63. The predicted molar refractivity (Wildman–Crippen MR) is 64.1 cm³/mol. The first-order valence-electron chi connectivity index (χ1n) is 5.63. The van der Waals surface area contributed by atoms with Crippen molar-refractivity contribution in [2.45, 2.75) is 39.2 Å². The summed E-state index contributed by atoms with van der Waals surface area (Å²) in [4.78, 5) is 23.2. The normalized spacial score (nSPS) is 10.8. The Morgan fingerprint density at radius 2 is 1.88 bits per heavy atom. The number of ether oxygens (including phenoxy) is 1. The highest BCUT2D eigenvalue weighted by atomic mass is 16.6. The fraction of sp³-hybridized carbons (Fsp3) is 0.818. The van der Waals surface area contributed by atoms with Gasteiger partial charge in [0.1, 0.15) is 5.60 Å². The number of hydrogen-bond donors (Lipinski definition) is 2. The highest BCUT2D eigenvalue weighted by Crippen LogP contribution is 2.09. The topological polar surface area (TPSA) is 78.9 Å². The van der Waals surface area contributed by atoms with Crippen LogP contribution in [0.4, 0.5) is 9.59 Å². The molecule has 0 spiro atoms. The maximum Gasteiger partial charge on any atom is 0.410 e. The molecule has 0 aromatic rings. The minimum atomic E-state index is -1.02. The minimum Gasteiger partial charge on any atom is -0.465 e. The number of carbonyl (C=O) groups excluding carboxylic acids is 1. The number of rotatable bonds is 5. The van der Waals surface area contributed by atoms with Crippen LogP contribution in [0.2, 0.25) is 0 Å². The summed E-state index contributed by atoms with van der Waals surface area (Å²) in [6, 6.07) is 0. The molecule has 2 N–H and O–H groups in total. The van der Waals surface area contributed by atoms with Gasteiger partial charge in [-0.15, -0.1) is 0 Å². The Hall–Kier alpha value is -1.46. The first-order chi connectivity index (χ1) is 7.72. The predicted octanol–water partition coefficient (Wildman–Crippen LogP) is 1.90. The van der Waals surface area contributed by atoms with Gasteiger partial charge < -0.3 is 20.1 Å². The van der Waals surface area contributed by atoms with Gasteiger partial charge in [0.05, 0.1) is 0 Å². The van der Waals surface area contributed by atoms with Crippen LogP contribution in [0.1, 0.15) is 33.6 Å². The van der Waals surface area contributed by atoms with Crippen LogP contribution in [0.25, 0.3) is 0 Å². The summed E-state index contributed by atoms with van der Waals surface area (Å²) in [6.45, 7) is 6.40. The van der Waals surface area contributed by atoms with Gasteiger partial charge in [-0.2, -0.15) is 0 Å². The van der Waals surface area contributed by atoms with Crippen LogP contribution in [0.3, 0.4) is 0 Å². The van der Waals surface area contributed by atoms with Crippen LogP contribution in [-0.2, 0) is 4.74 Å². The molecule has 0 fully saturated rings. The maximum atomic E-state index is 11.5. The van der Waals surface area contributed by atoms with Crippen molar-refractivity contribution in [3.8, 4) is 0 Å². The average molecular weight is 246 g/mol. The molecule has 0 heterocycles. The van der Waals surface area contributed by atoms with Gasteiger partial charge in [0.15, 0.2) is 0 Å². The van der Waals surface area contributed by atoms with Crippen LogP contribution in [0.15, 0.2) is 0 Å². The van der Waals surface area contributed by atoms with Crippen molar-refractivity contribution in [1.29, 1.82) is 0 Å². The number of nitrogens with zero attached hydrogens (tertiary/aromatic N) is 1. The molecule has 0 rings (SSSR count). The minimum absolute atomic E-state index is 0.358. The smallest absolute Gasteiger partial charge is 0.410 e. The summed E-state index contributed by atoms with van der Waals surface area (Å²) >= 11 is 0. The lowest BCUT2D eigenvalue weighted by atomic mass is 10.2. The van der Waals surface area contributed by atoms with Crippen LogP contribution in [0.5, 0.6) is 0 Å². The van der Waals surface area contributed by atoms with Gasteiger partial charge in [-0.05, 0) is 33.6 Å². The molecule has 6 nitrogen and oxygen atoms in total. The highest BCUT2D eigenvalue weighted by Gasteiger charge is 2.18. The Bertz CT molecular complexity index is 261. The quantitative estimate of drug-likeness (QED) is 0.726. The molecule has 0 aromatic heterocycles. The summed E-state index contributed by atoms with van der Waals surface area (Å²) in [7, 11) is 1.67. The molecule has 0 saturated heterocycles. The third-order valence-electron chi connectivity index (χ3n) is 1.90. The third kappa shape index (κ3) is 9.47. The first kappa shape index (κ1) is 15.5. The van der Waals surface area contributed by atoms with Crippen molar-refractivity contribution in [3.05, 3.63) is 0 Å². The molecular formula is C11H22N2O4. The van der Waals surface area contributed by atoms with Crippen molar-refractivity contribution in [2.24, 2.45) is 0 Å². The van der Waals surface area contributed by atoms with Crippen LogP contribution < -0.4 is 5.32 Å². The lowest BCUT2D eigenvalue weighted by Gasteiger charge is -2.24. The van der Waals surface area contributed by atoms with E-state index in [1.54, 1.807) is 7.05 Å². The molecule has 0 atom stereocenters. The Morgan fingerprint density at radius 1 is 1.29 bits per heavy atom. The summed E-state index contributed by atoms with van der Waals surface area (Å²) in [5.41, 5.74) is -0.490. The average Bonchev–Trinajstić information content (AvgIpc) is 2.13. The number of carboxylic acid groups (broad SMARTS) is 1. The SMILES string of the molecule is CN(CCCCNC(=O)O)C(=O)OC(C)(C)C. The second-order valence-electron chi connectivity index (χ2n) is 4.84. The third-order valence-corrected chi connectivity index (χ3v) is 1.90. The Balaban J connectivity index is 3.68. The number of unbranched alkanes of at least 4 members (excludes halogenated alkanes) is 1.